The summed E-state index contributed by atoms with van der Waals surface area (Å²) < 4.78 is 0. The molecule has 1 atom stereocenters. The number of likely N-dealkylation sites (tertiary alicyclic amines) is 1. The monoisotopic (exact) mass is 253 g/mol. The van der Waals surface area contributed by atoms with Crippen LogP contribution in [0, 0.1) is 12.8 Å². The van der Waals surface area contributed by atoms with Crippen molar-refractivity contribution in [3.63, 3.8) is 0 Å². The van der Waals surface area contributed by atoms with Crippen LogP contribution in [-0.4, -0.2) is 35.6 Å². The second kappa shape index (κ2) is 5.07. The Kier molecular flexibility index (Phi) is 3.69. The Morgan fingerprint density at radius 2 is 2.35 bits per heavy atom. The van der Waals surface area contributed by atoms with Gasteiger partial charge in [-0.3, -0.25) is 4.79 Å². The minimum Gasteiger partial charge on any atom is -0.396 e. The van der Waals surface area contributed by atoms with Crippen molar-refractivity contribution < 1.29 is 9.90 Å². The van der Waals surface area contributed by atoms with Gasteiger partial charge in [-0.2, -0.15) is 0 Å². The number of rotatable bonds is 2. The van der Waals surface area contributed by atoms with E-state index in [1.807, 2.05) is 6.92 Å². The molecule has 0 saturated carbocycles. The second-order valence-electron chi connectivity index (χ2n) is 4.55. The third kappa shape index (κ3) is 2.61. The standard InChI is InChI=1S/C13H16ClNO2/c1-9-6-11(14)2-3-12(9)13(17)15-5-4-10(7-15)8-16/h2-3,6,10,16H,4-5,7-8H2,1H3. The number of nitrogens with zero attached hydrogens (tertiary/aromatic N) is 1. The first-order valence-corrected chi connectivity index (χ1v) is 6.16. The molecule has 0 aromatic heterocycles. The van der Waals surface area contributed by atoms with E-state index in [1.165, 1.54) is 0 Å². The van der Waals surface area contributed by atoms with Gasteiger partial charge in [0.25, 0.3) is 5.91 Å². The SMILES string of the molecule is Cc1cc(Cl)ccc1C(=O)N1CCC(CO)C1. The van der Waals surface area contributed by atoms with Crippen LogP contribution in [0.15, 0.2) is 18.2 Å². The van der Waals surface area contributed by atoms with Crippen molar-refractivity contribution in [2.75, 3.05) is 19.7 Å². The predicted octanol–water partition coefficient (Wildman–Crippen LogP) is 2.10. The van der Waals surface area contributed by atoms with E-state index in [2.05, 4.69) is 0 Å². The van der Waals surface area contributed by atoms with Gasteiger partial charge in [-0.15, -0.1) is 0 Å². The van der Waals surface area contributed by atoms with Crippen molar-refractivity contribution in [3.8, 4) is 0 Å². The topological polar surface area (TPSA) is 40.5 Å². The van der Waals surface area contributed by atoms with E-state index < -0.39 is 0 Å². The lowest BCUT2D eigenvalue weighted by Gasteiger charge is -2.17. The summed E-state index contributed by atoms with van der Waals surface area (Å²) in [5, 5.41) is 9.72. The first kappa shape index (κ1) is 12.4. The summed E-state index contributed by atoms with van der Waals surface area (Å²) in [6.45, 7) is 3.42. The molecule has 1 aromatic rings. The van der Waals surface area contributed by atoms with E-state index >= 15 is 0 Å². The maximum Gasteiger partial charge on any atom is 0.254 e. The number of hydrogen-bond donors (Lipinski definition) is 1. The van der Waals surface area contributed by atoms with Gasteiger partial charge < -0.3 is 10.0 Å². The molecule has 0 radical (unpaired) electrons. The highest BCUT2D eigenvalue weighted by molar-refractivity contribution is 6.30. The maximum absolute atomic E-state index is 12.2. The predicted molar refractivity (Wildman–Crippen MR) is 67.3 cm³/mol. The van der Waals surface area contributed by atoms with Crippen LogP contribution >= 0.6 is 11.6 Å². The smallest absolute Gasteiger partial charge is 0.254 e. The van der Waals surface area contributed by atoms with Crippen LogP contribution in [0.25, 0.3) is 0 Å². The number of aliphatic hydroxyl groups excluding tert-OH is 1. The van der Waals surface area contributed by atoms with Crippen molar-refractivity contribution in [2.24, 2.45) is 5.92 Å². The lowest BCUT2D eigenvalue weighted by molar-refractivity contribution is 0.0781. The zero-order chi connectivity index (χ0) is 12.4. The molecule has 1 N–H and O–H groups in total. The number of carbonyl (C=O) groups excluding carboxylic acids is 1. The Bertz CT molecular complexity index is 433. The Hall–Kier alpha value is -1.06. The Morgan fingerprint density at radius 1 is 1.59 bits per heavy atom. The number of halogens is 1. The zero-order valence-electron chi connectivity index (χ0n) is 9.82. The molecular formula is C13H16ClNO2. The second-order valence-corrected chi connectivity index (χ2v) is 4.98. The van der Waals surface area contributed by atoms with Gasteiger partial charge in [0, 0.05) is 36.2 Å². The number of aliphatic hydroxyl groups is 1. The first-order valence-electron chi connectivity index (χ1n) is 5.78. The first-order chi connectivity index (χ1) is 8.11. The molecule has 1 aliphatic rings. The fourth-order valence-electron chi connectivity index (χ4n) is 2.20. The maximum atomic E-state index is 12.2. The van der Waals surface area contributed by atoms with Crippen molar-refractivity contribution in [1.29, 1.82) is 0 Å². The van der Waals surface area contributed by atoms with Gasteiger partial charge >= 0.3 is 0 Å². The molecule has 0 aliphatic carbocycles. The van der Waals surface area contributed by atoms with Crippen LogP contribution in [0.2, 0.25) is 5.02 Å². The molecule has 1 saturated heterocycles. The molecule has 1 heterocycles. The minimum atomic E-state index is 0.0371. The van der Waals surface area contributed by atoms with Gasteiger partial charge in [0.1, 0.15) is 0 Å². The molecule has 1 fully saturated rings. The van der Waals surface area contributed by atoms with Crippen LogP contribution < -0.4 is 0 Å². The highest BCUT2D eigenvalue weighted by Gasteiger charge is 2.26. The quantitative estimate of drug-likeness (QED) is 0.877. The van der Waals surface area contributed by atoms with Crippen LogP contribution in [0.5, 0.6) is 0 Å². The molecular weight excluding hydrogens is 238 g/mol. The number of amides is 1. The summed E-state index contributed by atoms with van der Waals surface area (Å²) in [5.74, 6) is 0.265. The van der Waals surface area contributed by atoms with E-state index in [0.717, 1.165) is 18.5 Å². The van der Waals surface area contributed by atoms with Gasteiger partial charge in [-0.05, 0) is 37.1 Å². The molecule has 1 amide bonds. The number of hydrogen-bond acceptors (Lipinski definition) is 2. The van der Waals surface area contributed by atoms with Crippen LogP contribution in [0.4, 0.5) is 0 Å². The van der Waals surface area contributed by atoms with E-state index in [1.54, 1.807) is 23.1 Å². The van der Waals surface area contributed by atoms with Crippen molar-refractivity contribution in [3.05, 3.63) is 34.3 Å². The van der Waals surface area contributed by atoms with Crippen LogP contribution in [0.1, 0.15) is 22.3 Å². The largest absolute Gasteiger partial charge is 0.396 e. The number of aryl methyl sites for hydroxylation is 1. The van der Waals surface area contributed by atoms with Gasteiger partial charge in [-0.25, -0.2) is 0 Å². The molecule has 4 heteroatoms. The molecule has 1 aliphatic heterocycles. The van der Waals surface area contributed by atoms with E-state index in [0.29, 0.717) is 17.1 Å². The number of carbonyl (C=O) groups is 1. The number of benzene rings is 1. The normalized spacial score (nSPS) is 19.7. The molecule has 2 rings (SSSR count). The third-order valence-corrected chi connectivity index (χ3v) is 3.49. The van der Waals surface area contributed by atoms with E-state index in [-0.39, 0.29) is 18.4 Å². The van der Waals surface area contributed by atoms with Gasteiger partial charge in [-0.1, -0.05) is 11.6 Å². The van der Waals surface area contributed by atoms with E-state index in [9.17, 15) is 4.79 Å². The molecule has 1 unspecified atom stereocenters. The minimum absolute atomic E-state index is 0.0371. The van der Waals surface area contributed by atoms with Crippen molar-refractivity contribution in [2.45, 2.75) is 13.3 Å². The Morgan fingerprint density at radius 3 is 2.94 bits per heavy atom. The Labute approximate surface area is 106 Å². The average molecular weight is 254 g/mol. The molecule has 3 nitrogen and oxygen atoms in total. The zero-order valence-corrected chi connectivity index (χ0v) is 10.6. The summed E-state index contributed by atoms with van der Waals surface area (Å²) in [5.41, 5.74) is 1.60. The molecule has 0 spiro atoms. The van der Waals surface area contributed by atoms with Gasteiger partial charge in [0.05, 0.1) is 0 Å². The lowest BCUT2D eigenvalue weighted by Crippen LogP contribution is -2.29. The lowest BCUT2D eigenvalue weighted by atomic mass is 10.1. The fourth-order valence-corrected chi connectivity index (χ4v) is 2.43. The average Bonchev–Trinajstić information content (AvgIpc) is 2.76. The Balaban J connectivity index is 2.15. The summed E-state index contributed by atoms with van der Waals surface area (Å²) in [7, 11) is 0. The summed E-state index contributed by atoms with van der Waals surface area (Å²) in [6.07, 6.45) is 0.884. The van der Waals surface area contributed by atoms with Crippen LogP contribution in [-0.2, 0) is 0 Å². The van der Waals surface area contributed by atoms with E-state index in [4.69, 9.17) is 16.7 Å². The van der Waals surface area contributed by atoms with Gasteiger partial charge in [0.15, 0.2) is 0 Å². The summed E-state index contributed by atoms with van der Waals surface area (Å²) >= 11 is 5.87. The molecule has 1 aromatic carbocycles. The molecule has 92 valence electrons. The fraction of sp³-hybridized carbons (Fsp3) is 0.462. The van der Waals surface area contributed by atoms with Crippen molar-refractivity contribution in [1.82, 2.24) is 4.90 Å². The summed E-state index contributed by atoms with van der Waals surface area (Å²) in [4.78, 5) is 14.0. The highest BCUT2D eigenvalue weighted by Crippen LogP contribution is 2.21. The highest BCUT2D eigenvalue weighted by atomic mass is 35.5. The molecule has 0 bridgehead atoms. The van der Waals surface area contributed by atoms with Crippen LogP contribution in [0.3, 0.4) is 0 Å². The molecule has 17 heavy (non-hydrogen) atoms. The third-order valence-electron chi connectivity index (χ3n) is 3.25. The van der Waals surface area contributed by atoms with Gasteiger partial charge in [0.2, 0.25) is 0 Å². The summed E-state index contributed by atoms with van der Waals surface area (Å²) in [6, 6.07) is 5.31. The van der Waals surface area contributed by atoms with Crippen molar-refractivity contribution >= 4 is 17.5 Å².